The number of alkyl halides is 3. The molecule has 1 N–H and O–H groups in total. The van der Waals surface area contributed by atoms with Gasteiger partial charge in [-0.2, -0.15) is 13.2 Å². The number of hydrogen-bond donors (Lipinski definition) is 1. The van der Waals surface area contributed by atoms with E-state index in [9.17, 15) is 13.2 Å². The SMILES string of the molecule is Cl.Cl.FC(F)(F)C[C@@H](c1cncc(Br)c1)N1CCNCC1. The fraction of sp³-hybridized carbons (Fsp3) is 0.583. The first kappa shape index (κ1) is 20.9. The van der Waals surface area contributed by atoms with Crippen LogP contribution in [0.15, 0.2) is 22.9 Å². The van der Waals surface area contributed by atoms with Crippen LogP contribution in [0.25, 0.3) is 0 Å². The summed E-state index contributed by atoms with van der Waals surface area (Å²) in [4.78, 5) is 5.84. The van der Waals surface area contributed by atoms with Crippen molar-refractivity contribution < 1.29 is 13.2 Å². The van der Waals surface area contributed by atoms with Crippen LogP contribution < -0.4 is 5.32 Å². The summed E-state index contributed by atoms with van der Waals surface area (Å²) in [5.74, 6) is 0. The minimum Gasteiger partial charge on any atom is -0.314 e. The molecule has 0 radical (unpaired) electrons. The minimum absolute atomic E-state index is 0. The lowest BCUT2D eigenvalue weighted by Gasteiger charge is -2.35. The molecule has 1 saturated heterocycles. The number of nitrogens with one attached hydrogen (secondary N) is 1. The number of piperazine rings is 1. The van der Waals surface area contributed by atoms with Crippen molar-refractivity contribution in [3.8, 4) is 0 Å². The first-order valence-electron chi connectivity index (χ1n) is 6.08. The first-order chi connectivity index (χ1) is 8.96. The Morgan fingerprint density at radius 2 is 1.86 bits per heavy atom. The standard InChI is InChI=1S/C12H15BrF3N3.2ClH/c13-10-5-9(7-18-8-10)11(6-12(14,15)16)19-3-1-17-2-4-19;;/h5,7-8,11,17H,1-4,6H2;2*1H/t11-;;/m0../s1. The van der Waals surface area contributed by atoms with Gasteiger partial charge in [0.05, 0.1) is 6.42 Å². The predicted octanol–water partition coefficient (Wildman–Crippen LogP) is 3.59. The minimum atomic E-state index is -4.18. The smallest absolute Gasteiger partial charge is 0.314 e. The summed E-state index contributed by atoms with van der Waals surface area (Å²) in [6.07, 6.45) is -1.93. The molecule has 1 aromatic rings. The molecule has 0 unspecified atom stereocenters. The predicted molar refractivity (Wildman–Crippen MR) is 84.3 cm³/mol. The van der Waals surface area contributed by atoms with E-state index < -0.39 is 18.6 Å². The van der Waals surface area contributed by atoms with Crippen molar-refractivity contribution in [2.45, 2.75) is 18.6 Å². The number of aromatic nitrogens is 1. The summed E-state index contributed by atoms with van der Waals surface area (Å²) in [5.41, 5.74) is 0.605. The van der Waals surface area contributed by atoms with Crippen molar-refractivity contribution in [1.82, 2.24) is 15.2 Å². The molecule has 1 fully saturated rings. The largest absolute Gasteiger partial charge is 0.390 e. The molecular weight excluding hydrogens is 394 g/mol. The second-order valence-electron chi connectivity index (χ2n) is 4.56. The third-order valence-electron chi connectivity index (χ3n) is 3.13. The van der Waals surface area contributed by atoms with E-state index in [0.29, 0.717) is 23.1 Å². The van der Waals surface area contributed by atoms with Crippen molar-refractivity contribution in [2.24, 2.45) is 0 Å². The quantitative estimate of drug-likeness (QED) is 0.825. The van der Waals surface area contributed by atoms with E-state index in [-0.39, 0.29) is 24.8 Å². The Morgan fingerprint density at radius 3 is 2.38 bits per heavy atom. The number of pyridine rings is 1. The summed E-state index contributed by atoms with van der Waals surface area (Å²) in [6.45, 7) is 2.67. The zero-order chi connectivity index (χ0) is 13.9. The average molecular weight is 411 g/mol. The van der Waals surface area contributed by atoms with Crippen LogP contribution in [0.2, 0.25) is 0 Å². The summed E-state index contributed by atoms with van der Waals surface area (Å²) in [6, 6.07) is 1.05. The topological polar surface area (TPSA) is 28.2 Å². The molecule has 2 heterocycles. The molecule has 0 bridgehead atoms. The summed E-state index contributed by atoms with van der Waals surface area (Å²) in [7, 11) is 0. The molecule has 0 spiro atoms. The van der Waals surface area contributed by atoms with Crippen LogP contribution in [-0.2, 0) is 0 Å². The Balaban J connectivity index is 0.00000200. The zero-order valence-corrected chi connectivity index (χ0v) is 14.3. The van der Waals surface area contributed by atoms with Crippen LogP contribution in [-0.4, -0.2) is 42.2 Å². The van der Waals surface area contributed by atoms with Gasteiger partial charge in [-0.3, -0.25) is 9.88 Å². The molecule has 122 valence electrons. The Kier molecular flexibility index (Phi) is 9.11. The van der Waals surface area contributed by atoms with Crippen LogP contribution in [0.1, 0.15) is 18.0 Å². The van der Waals surface area contributed by atoms with Gasteiger partial charge in [-0.1, -0.05) is 0 Å². The van der Waals surface area contributed by atoms with Gasteiger partial charge in [0.15, 0.2) is 0 Å². The lowest BCUT2D eigenvalue weighted by atomic mass is 10.0. The molecule has 0 saturated carbocycles. The molecule has 1 atom stereocenters. The van der Waals surface area contributed by atoms with Crippen molar-refractivity contribution in [1.29, 1.82) is 0 Å². The van der Waals surface area contributed by atoms with Gasteiger partial charge in [-0.25, -0.2) is 0 Å². The maximum atomic E-state index is 12.8. The van der Waals surface area contributed by atoms with E-state index in [0.717, 1.165) is 13.1 Å². The molecule has 0 amide bonds. The molecule has 1 aliphatic heterocycles. The van der Waals surface area contributed by atoms with Crippen LogP contribution in [0, 0.1) is 0 Å². The van der Waals surface area contributed by atoms with E-state index in [1.165, 1.54) is 6.20 Å². The highest BCUT2D eigenvalue weighted by molar-refractivity contribution is 9.10. The third kappa shape index (κ3) is 6.69. The maximum absolute atomic E-state index is 12.8. The molecule has 3 nitrogen and oxygen atoms in total. The molecular formula is C12H17BrCl2F3N3. The Labute approximate surface area is 142 Å². The van der Waals surface area contributed by atoms with Crippen molar-refractivity contribution in [2.75, 3.05) is 26.2 Å². The van der Waals surface area contributed by atoms with Gasteiger partial charge in [0.25, 0.3) is 0 Å². The van der Waals surface area contributed by atoms with Crippen LogP contribution >= 0.6 is 40.7 Å². The van der Waals surface area contributed by atoms with Gasteiger partial charge >= 0.3 is 6.18 Å². The lowest BCUT2D eigenvalue weighted by Crippen LogP contribution is -2.46. The molecule has 0 aliphatic carbocycles. The van der Waals surface area contributed by atoms with Gasteiger partial charge < -0.3 is 5.32 Å². The number of rotatable bonds is 3. The Hall–Kier alpha value is -0.0800. The molecule has 21 heavy (non-hydrogen) atoms. The second kappa shape index (κ2) is 9.15. The fourth-order valence-electron chi connectivity index (χ4n) is 2.28. The van der Waals surface area contributed by atoms with Crippen molar-refractivity contribution in [3.05, 3.63) is 28.5 Å². The van der Waals surface area contributed by atoms with E-state index in [1.807, 2.05) is 4.90 Å². The normalized spacial score (nSPS) is 17.5. The van der Waals surface area contributed by atoms with E-state index in [2.05, 4.69) is 26.2 Å². The lowest BCUT2D eigenvalue weighted by molar-refractivity contribution is -0.148. The van der Waals surface area contributed by atoms with Gasteiger partial charge in [-0.15, -0.1) is 24.8 Å². The third-order valence-corrected chi connectivity index (χ3v) is 3.56. The molecule has 1 aromatic heterocycles. The van der Waals surface area contributed by atoms with Gasteiger partial charge in [-0.05, 0) is 27.6 Å². The van der Waals surface area contributed by atoms with E-state index in [1.54, 1.807) is 12.3 Å². The van der Waals surface area contributed by atoms with Gasteiger partial charge in [0.1, 0.15) is 0 Å². The monoisotopic (exact) mass is 409 g/mol. The number of halogens is 6. The zero-order valence-electron chi connectivity index (χ0n) is 11.1. The highest BCUT2D eigenvalue weighted by atomic mass is 79.9. The summed E-state index contributed by atoms with van der Waals surface area (Å²) in [5, 5.41) is 3.15. The van der Waals surface area contributed by atoms with Crippen LogP contribution in [0.4, 0.5) is 13.2 Å². The molecule has 2 rings (SSSR count). The first-order valence-corrected chi connectivity index (χ1v) is 6.87. The average Bonchev–Trinajstić information content (AvgIpc) is 2.36. The highest BCUT2D eigenvalue weighted by Gasteiger charge is 2.36. The van der Waals surface area contributed by atoms with Crippen molar-refractivity contribution >= 4 is 40.7 Å². The Bertz CT molecular complexity index is 428. The molecule has 9 heteroatoms. The van der Waals surface area contributed by atoms with Crippen molar-refractivity contribution in [3.63, 3.8) is 0 Å². The molecule has 0 aromatic carbocycles. The number of nitrogens with zero attached hydrogens (tertiary/aromatic N) is 2. The van der Waals surface area contributed by atoms with Crippen LogP contribution in [0.3, 0.4) is 0 Å². The second-order valence-corrected chi connectivity index (χ2v) is 5.47. The maximum Gasteiger partial charge on any atom is 0.390 e. The van der Waals surface area contributed by atoms with E-state index >= 15 is 0 Å². The summed E-state index contributed by atoms with van der Waals surface area (Å²) < 4.78 is 39.0. The fourth-order valence-corrected chi connectivity index (χ4v) is 2.66. The summed E-state index contributed by atoms with van der Waals surface area (Å²) >= 11 is 3.26. The molecule has 1 aliphatic rings. The highest BCUT2D eigenvalue weighted by Crippen LogP contribution is 2.34. The Morgan fingerprint density at radius 1 is 1.24 bits per heavy atom. The number of hydrogen-bond acceptors (Lipinski definition) is 3. The van der Waals surface area contributed by atoms with Crippen LogP contribution in [0.5, 0.6) is 0 Å². The van der Waals surface area contributed by atoms with Gasteiger partial charge in [0.2, 0.25) is 0 Å². The van der Waals surface area contributed by atoms with E-state index in [4.69, 9.17) is 0 Å². The van der Waals surface area contributed by atoms with Gasteiger partial charge in [0, 0.05) is 49.1 Å².